The fourth-order valence-corrected chi connectivity index (χ4v) is 3.77. The molecule has 1 saturated carbocycles. The minimum atomic E-state index is -1.01. The Hall–Kier alpha value is -2.65. The molecule has 0 aromatic rings. The molecule has 0 radical (unpaired) electrons. The summed E-state index contributed by atoms with van der Waals surface area (Å²) in [6.45, 7) is 4.32. The molecule has 0 spiro atoms. The molecule has 0 aromatic heterocycles. The maximum Gasteiger partial charge on any atom is 0.326 e. The van der Waals surface area contributed by atoms with Crippen molar-refractivity contribution in [2.45, 2.75) is 70.9 Å². The molecule has 2 aliphatic rings. The van der Waals surface area contributed by atoms with E-state index in [1.165, 1.54) is 0 Å². The first kappa shape index (κ1) is 22.6. The molecular weight excluding hydrogens is 380 g/mol. The van der Waals surface area contributed by atoms with Crippen LogP contribution in [-0.4, -0.2) is 59.5 Å². The lowest BCUT2D eigenvalue weighted by atomic mass is 9.86. The molecule has 2 fully saturated rings. The van der Waals surface area contributed by atoms with Gasteiger partial charge >= 0.3 is 18.0 Å². The minimum Gasteiger partial charge on any atom is -0.454 e. The molecule has 1 aliphatic heterocycles. The number of carbonyl (C=O) groups excluding carboxylic acids is 5. The lowest BCUT2D eigenvalue weighted by molar-refractivity contribution is -0.151. The Labute approximate surface area is 170 Å². The quantitative estimate of drug-likeness (QED) is 0.424. The molecule has 2 rings (SSSR count). The highest BCUT2D eigenvalue weighted by Gasteiger charge is 2.49. The van der Waals surface area contributed by atoms with Gasteiger partial charge in [-0.25, -0.2) is 9.59 Å². The van der Waals surface area contributed by atoms with Gasteiger partial charge in [0.1, 0.15) is 12.1 Å². The molecule has 2 atom stereocenters. The molecule has 0 bridgehead atoms. The molecular formula is C19H30N4O6. The first-order chi connectivity index (χ1) is 13.7. The number of nitrogens with zero attached hydrogens (tertiary/aromatic N) is 1. The molecule has 10 nitrogen and oxygen atoms in total. The van der Waals surface area contributed by atoms with Crippen LogP contribution in [0, 0.1) is 5.92 Å². The average molecular weight is 410 g/mol. The van der Waals surface area contributed by atoms with Gasteiger partial charge in [0, 0.05) is 6.04 Å². The monoisotopic (exact) mass is 410 g/mol. The van der Waals surface area contributed by atoms with E-state index < -0.39 is 48.5 Å². The second-order valence-corrected chi connectivity index (χ2v) is 7.66. The maximum atomic E-state index is 12.4. The van der Waals surface area contributed by atoms with Gasteiger partial charge in [-0.15, -0.1) is 0 Å². The Morgan fingerprint density at radius 2 is 1.83 bits per heavy atom. The van der Waals surface area contributed by atoms with Crippen LogP contribution in [0.3, 0.4) is 0 Å². The lowest BCUT2D eigenvalue weighted by Gasteiger charge is -2.29. The largest absolute Gasteiger partial charge is 0.454 e. The van der Waals surface area contributed by atoms with Gasteiger partial charge in [-0.05, 0) is 31.6 Å². The molecule has 1 heterocycles. The average Bonchev–Trinajstić information content (AvgIpc) is 2.92. The van der Waals surface area contributed by atoms with Crippen LogP contribution in [0.1, 0.15) is 59.3 Å². The molecule has 0 aromatic carbocycles. The van der Waals surface area contributed by atoms with E-state index in [0.29, 0.717) is 18.8 Å². The van der Waals surface area contributed by atoms with Crippen molar-refractivity contribution in [3.05, 3.63) is 0 Å². The Balaban J connectivity index is 1.76. The zero-order chi connectivity index (χ0) is 21.6. The smallest absolute Gasteiger partial charge is 0.326 e. The Morgan fingerprint density at radius 1 is 1.17 bits per heavy atom. The number of carbonyl (C=O) groups is 5. The zero-order valence-electron chi connectivity index (χ0n) is 17.2. The van der Waals surface area contributed by atoms with Gasteiger partial charge in [-0.3, -0.25) is 24.6 Å². The molecule has 29 heavy (non-hydrogen) atoms. The maximum absolute atomic E-state index is 12.4. The van der Waals surface area contributed by atoms with Crippen LogP contribution in [0.2, 0.25) is 0 Å². The van der Waals surface area contributed by atoms with Crippen molar-refractivity contribution in [3.8, 4) is 0 Å². The highest BCUT2D eigenvalue weighted by molar-refractivity contribution is 6.08. The number of nitrogens with one attached hydrogen (secondary N) is 3. The lowest BCUT2D eigenvalue weighted by Crippen LogP contribution is -2.48. The molecule has 1 aliphatic carbocycles. The zero-order valence-corrected chi connectivity index (χ0v) is 17.2. The van der Waals surface area contributed by atoms with Crippen molar-refractivity contribution >= 4 is 29.8 Å². The molecule has 1 saturated heterocycles. The number of rotatable bonds is 7. The summed E-state index contributed by atoms with van der Waals surface area (Å²) < 4.78 is 4.80. The van der Waals surface area contributed by atoms with Gasteiger partial charge in [0.05, 0.1) is 0 Å². The van der Waals surface area contributed by atoms with Gasteiger partial charge in [0.2, 0.25) is 0 Å². The summed E-state index contributed by atoms with van der Waals surface area (Å²) in [6, 6.07) is -1.29. The number of esters is 1. The van der Waals surface area contributed by atoms with E-state index in [1.54, 1.807) is 13.8 Å². The third-order valence-corrected chi connectivity index (χ3v) is 5.79. The van der Waals surface area contributed by atoms with Crippen LogP contribution in [-0.2, 0) is 19.1 Å². The molecule has 162 valence electrons. The van der Waals surface area contributed by atoms with Crippen molar-refractivity contribution in [1.82, 2.24) is 20.9 Å². The Morgan fingerprint density at radius 3 is 2.41 bits per heavy atom. The summed E-state index contributed by atoms with van der Waals surface area (Å²) in [7, 11) is 0. The van der Waals surface area contributed by atoms with Crippen molar-refractivity contribution in [3.63, 3.8) is 0 Å². The van der Waals surface area contributed by atoms with E-state index in [1.807, 2.05) is 0 Å². The Kier molecular flexibility index (Phi) is 7.58. The van der Waals surface area contributed by atoms with Crippen LogP contribution < -0.4 is 16.0 Å². The van der Waals surface area contributed by atoms with Gasteiger partial charge in [0.15, 0.2) is 6.61 Å². The standard InChI is InChI=1S/C19H30N4O6/c1-4-19(5-2)16(26)23(18(28)22-19)10-15(25)29-11-14(24)21-17(27)20-13-9-7-6-8-12(13)3/h12-13H,4-11H2,1-3H3,(H,22,28)(H2,20,21,24,27)/t12-,13+/m0/s1. The molecule has 10 heteroatoms. The fraction of sp³-hybridized carbons (Fsp3) is 0.737. The van der Waals surface area contributed by atoms with Gasteiger partial charge in [-0.1, -0.05) is 33.6 Å². The number of amides is 6. The fourth-order valence-electron chi connectivity index (χ4n) is 3.77. The van der Waals surface area contributed by atoms with E-state index in [4.69, 9.17) is 4.74 Å². The van der Waals surface area contributed by atoms with E-state index in [0.717, 1.165) is 30.6 Å². The summed E-state index contributed by atoms with van der Waals surface area (Å²) in [4.78, 5) is 60.9. The summed E-state index contributed by atoms with van der Waals surface area (Å²) in [6.07, 6.45) is 4.84. The first-order valence-electron chi connectivity index (χ1n) is 10.1. The molecule has 0 unspecified atom stereocenters. The number of hydrogen-bond donors (Lipinski definition) is 3. The van der Waals surface area contributed by atoms with Gasteiger partial charge in [0.25, 0.3) is 11.8 Å². The van der Waals surface area contributed by atoms with Gasteiger partial charge < -0.3 is 15.4 Å². The molecule has 6 amide bonds. The second kappa shape index (κ2) is 9.71. The minimum absolute atomic E-state index is 0.0104. The van der Waals surface area contributed by atoms with Crippen molar-refractivity contribution < 1.29 is 28.7 Å². The third kappa shape index (κ3) is 5.45. The van der Waals surface area contributed by atoms with E-state index >= 15 is 0 Å². The van der Waals surface area contributed by atoms with Crippen LogP contribution in [0.4, 0.5) is 9.59 Å². The number of urea groups is 2. The summed E-state index contributed by atoms with van der Waals surface area (Å²) in [5, 5.41) is 7.48. The van der Waals surface area contributed by atoms with Gasteiger partial charge in [-0.2, -0.15) is 0 Å². The van der Waals surface area contributed by atoms with Crippen molar-refractivity contribution in [2.24, 2.45) is 5.92 Å². The highest BCUT2D eigenvalue weighted by Crippen LogP contribution is 2.25. The molecule has 3 N–H and O–H groups in total. The second-order valence-electron chi connectivity index (χ2n) is 7.66. The normalized spacial score (nSPS) is 23.3. The van der Waals surface area contributed by atoms with E-state index in [-0.39, 0.29) is 6.04 Å². The first-order valence-corrected chi connectivity index (χ1v) is 10.1. The van der Waals surface area contributed by atoms with E-state index in [9.17, 15) is 24.0 Å². The van der Waals surface area contributed by atoms with Crippen LogP contribution >= 0.6 is 0 Å². The summed E-state index contributed by atoms with van der Waals surface area (Å²) >= 11 is 0. The Bertz CT molecular complexity index is 676. The summed E-state index contributed by atoms with van der Waals surface area (Å²) in [5.74, 6) is -1.85. The summed E-state index contributed by atoms with van der Waals surface area (Å²) in [5.41, 5.74) is -1.01. The third-order valence-electron chi connectivity index (χ3n) is 5.79. The van der Waals surface area contributed by atoms with E-state index in [2.05, 4.69) is 22.9 Å². The van der Waals surface area contributed by atoms with Crippen LogP contribution in [0.5, 0.6) is 0 Å². The van der Waals surface area contributed by atoms with Crippen molar-refractivity contribution in [2.75, 3.05) is 13.2 Å². The number of hydrogen-bond acceptors (Lipinski definition) is 6. The predicted molar refractivity (Wildman–Crippen MR) is 103 cm³/mol. The number of imide groups is 2. The van der Waals surface area contributed by atoms with Crippen LogP contribution in [0.15, 0.2) is 0 Å². The van der Waals surface area contributed by atoms with Crippen LogP contribution in [0.25, 0.3) is 0 Å². The SMILES string of the molecule is CCC1(CC)NC(=O)N(CC(=O)OCC(=O)NC(=O)N[C@@H]2CCCC[C@@H]2C)C1=O. The topological polar surface area (TPSA) is 134 Å². The van der Waals surface area contributed by atoms with Crippen molar-refractivity contribution in [1.29, 1.82) is 0 Å². The number of ether oxygens (including phenoxy) is 1. The predicted octanol–water partition coefficient (Wildman–Crippen LogP) is 1.04. The highest BCUT2D eigenvalue weighted by atomic mass is 16.5.